The molecular formula is C24H21N5O8S. The highest BCUT2D eigenvalue weighted by Crippen LogP contribution is 2.45. The summed E-state index contributed by atoms with van der Waals surface area (Å²) in [7, 11) is 0. The van der Waals surface area contributed by atoms with E-state index < -0.39 is 16.9 Å². The highest BCUT2D eigenvalue weighted by Gasteiger charge is 2.49. The van der Waals surface area contributed by atoms with Crippen LogP contribution in [0.3, 0.4) is 0 Å². The lowest BCUT2D eigenvalue weighted by atomic mass is 10.0. The minimum Gasteiger partial charge on any atom is -0.477 e. The normalized spacial score (nSPS) is 18.9. The fourth-order valence-corrected chi connectivity index (χ4v) is 5.43. The topological polar surface area (TPSA) is 165 Å². The number of hydrogen-bond donors (Lipinski definition) is 1. The first-order chi connectivity index (χ1) is 18.2. The predicted octanol–water partition coefficient (Wildman–Crippen LogP) is 1.88. The third-order valence-corrected chi connectivity index (χ3v) is 7.40. The van der Waals surface area contributed by atoms with Gasteiger partial charge in [-0.1, -0.05) is 0 Å². The first-order valence-electron chi connectivity index (χ1n) is 11.6. The average Bonchev–Trinajstić information content (AvgIpc) is 3.50. The lowest BCUT2D eigenvalue weighted by Crippen LogP contribution is -2.51. The van der Waals surface area contributed by atoms with Crippen molar-refractivity contribution in [3.05, 3.63) is 74.1 Å². The lowest BCUT2D eigenvalue weighted by molar-refractivity contribution is -0.384. The van der Waals surface area contributed by atoms with Crippen LogP contribution in [0.1, 0.15) is 29.8 Å². The van der Waals surface area contributed by atoms with Gasteiger partial charge in [0.15, 0.2) is 0 Å². The van der Waals surface area contributed by atoms with Crippen molar-refractivity contribution in [3.63, 3.8) is 0 Å². The maximum Gasteiger partial charge on any atom is 0.353 e. The molecule has 0 bridgehead atoms. The number of β-lactam (4-membered cyclic amide) rings is 1. The molecule has 2 amide bonds. The van der Waals surface area contributed by atoms with Crippen LogP contribution in [0.25, 0.3) is 6.08 Å². The van der Waals surface area contributed by atoms with Gasteiger partial charge in [0.05, 0.1) is 41.4 Å². The molecule has 1 atom stereocenters. The number of nitro groups is 1. The number of fused-ring (bicyclic) bond motifs is 2. The van der Waals surface area contributed by atoms with Crippen LogP contribution in [0.15, 0.2) is 47.0 Å². The van der Waals surface area contributed by atoms with Gasteiger partial charge in [0.25, 0.3) is 11.6 Å². The van der Waals surface area contributed by atoms with Gasteiger partial charge in [0.1, 0.15) is 17.7 Å². The van der Waals surface area contributed by atoms with Gasteiger partial charge >= 0.3 is 11.9 Å². The molecule has 4 heterocycles. The van der Waals surface area contributed by atoms with Crippen molar-refractivity contribution in [2.75, 3.05) is 6.54 Å². The molecule has 1 aromatic heterocycles. The minimum atomic E-state index is -1.15. The summed E-state index contributed by atoms with van der Waals surface area (Å²) in [4.78, 5) is 61.5. The summed E-state index contributed by atoms with van der Waals surface area (Å²) < 4.78 is 6.93. The number of carboxylic acids is 1. The maximum atomic E-state index is 12.7. The minimum absolute atomic E-state index is 0.0215. The number of non-ortho nitro benzene ring substituents is 1. The highest BCUT2D eigenvalue weighted by molar-refractivity contribution is 8.03. The summed E-state index contributed by atoms with van der Waals surface area (Å²) in [5, 5.41) is 25.5. The maximum absolute atomic E-state index is 12.7. The van der Waals surface area contributed by atoms with Crippen LogP contribution in [0.4, 0.5) is 5.69 Å². The Morgan fingerprint density at radius 1 is 1.21 bits per heavy atom. The first kappa shape index (κ1) is 25.2. The molecule has 5 rings (SSSR count). The summed E-state index contributed by atoms with van der Waals surface area (Å²) in [6.07, 6.45) is 1.53. The number of thioether (sulfide) groups is 1. The zero-order valence-corrected chi connectivity index (χ0v) is 20.6. The van der Waals surface area contributed by atoms with Crippen LogP contribution in [0.5, 0.6) is 0 Å². The number of nitro benzene ring substituents is 1. The molecule has 3 aliphatic heterocycles. The number of aliphatic carboxylic acids is 1. The van der Waals surface area contributed by atoms with Gasteiger partial charge in [-0.25, -0.2) is 4.79 Å². The highest BCUT2D eigenvalue weighted by atomic mass is 32.2. The second kappa shape index (κ2) is 10.1. The molecule has 0 radical (unpaired) electrons. The molecule has 0 aliphatic carbocycles. The van der Waals surface area contributed by atoms with Gasteiger partial charge in [-0.05, 0) is 29.8 Å². The number of nitrogens with zero attached hydrogens (tertiary/aromatic N) is 5. The van der Waals surface area contributed by atoms with Crippen molar-refractivity contribution in [1.29, 1.82) is 0 Å². The van der Waals surface area contributed by atoms with Gasteiger partial charge in [-0.3, -0.25) is 34.1 Å². The monoisotopic (exact) mass is 539 g/mol. The zero-order chi connectivity index (χ0) is 27.0. The molecule has 1 saturated heterocycles. The Labute approximate surface area is 219 Å². The molecule has 1 fully saturated rings. The van der Waals surface area contributed by atoms with Crippen LogP contribution >= 0.6 is 11.8 Å². The molecular weight excluding hydrogens is 518 g/mol. The molecule has 2 aromatic rings. The van der Waals surface area contributed by atoms with Crippen molar-refractivity contribution in [2.24, 2.45) is 0 Å². The molecule has 3 aliphatic rings. The van der Waals surface area contributed by atoms with Crippen LogP contribution in [0, 0.1) is 10.1 Å². The molecule has 1 N–H and O–H groups in total. The second-order valence-corrected chi connectivity index (χ2v) is 9.71. The van der Waals surface area contributed by atoms with Crippen LogP contribution < -0.4 is 0 Å². The average molecular weight is 540 g/mol. The lowest BCUT2D eigenvalue weighted by Gasteiger charge is -2.36. The summed E-state index contributed by atoms with van der Waals surface area (Å²) in [5.74, 6) is -2.26. The van der Waals surface area contributed by atoms with Crippen LogP contribution in [-0.4, -0.2) is 65.3 Å². The Morgan fingerprint density at radius 2 is 1.97 bits per heavy atom. The number of benzene rings is 1. The van der Waals surface area contributed by atoms with E-state index in [9.17, 15) is 34.4 Å². The van der Waals surface area contributed by atoms with Gasteiger partial charge in [-0.2, -0.15) is 5.10 Å². The third kappa shape index (κ3) is 4.89. The number of rotatable bonds is 8. The fourth-order valence-electron chi connectivity index (χ4n) is 4.31. The van der Waals surface area contributed by atoms with Crippen LogP contribution in [-0.2, 0) is 43.6 Å². The molecule has 13 nitrogen and oxygen atoms in total. The molecule has 0 unspecified atom stereocenters. The number of carboxylic acid groups (broad SMARTS) is 1. The Bertz CT molecular complexity index is 1410. The van der Waals surface area contributed by atoms with Gasteiger partial charge in [0.2, 0.25) is 5.91 Å². The Hall–Kier alpha value is -4.46. The SMILES string of the molecule is O=C(CCC(=O)N1CCn2nc(/C=C3/C(=O)N4C(C(=O)O)=CS[C@H]34)cc2C1)OCc1ccc([N+](=O)[O-])cc1. The van der Waals surface area contributed by atoms with Crippen molar-refractivity contribution in [2.45, 2.75) is 37.9 Å². The zero-order valence-electron chi connectivity index (χ0n) is 19.8. The predicted molar refractivity (Wildman–Crippen MR) is 132 cm³/mol. The van der Waals surface area contributed by atoms with Gasteiger partial charge in [0, 0.05) is 30.5 Å². The Kier molecular flexibility index (Phi) is 6.72. The van der Waals surface area contributed by atoms with E-state index >= 15 is 0 Å². The van der Waals surface area contributed by atoms with E-state index in [4.69, 9.17) is 4.74 Å². The molecule has 196 valence electrons. The van der Waals surface area contributed by atoms with Crippen molar-refractivity contribution >= 4 is 47.3 Å². The first-order valence-corrected chi connectivity index (χ1v) is 12.5. The fraction of sp³-hybridized carbons (Fsp3) is 0.292. The third-order valence-electron chi connectivity index (χ3n) is 6.32. The van der Waals surface area contributed by atoms with E-state index in [1.165, 1.54) is 46.3 Å². The van der Waals surface area contributed by atoms with Crippen LogP contribution in [0.2, 0.25) is 0 Å². The molecule has 0 spiro atoms. The van der Waals surface area contributed by atoms with E-state index in [1.807, 2.05) is 0 Å². The number of esters is 1. The van der Waals surface area contributed by atoms with E-state index in [2.05, 4.69) is 5.10 Å². The van der Waals surface area contributed by atoms with Gasteiger partial charge < -0.3 is 14.7 Å². The van der Waals surface area contributed by atoms with Crippen molar-refractivity contribution in [1.82, 2.24) is 19.6 Å². The largest absolute Gasteiger partial charge is 0.477 e. The summed E-state index contributed by atoms with van der Waals surface area (Å²) in [6, 6.07) is 7.45. The molecule has 38 heavy (non-hydrogen) atoms. The number of amides is 2. The quantitative estimate of drug-likeness (QED) is 0.172. The number of hydrogen-bond acceptors (Lipinski definition) is 9. The standard InChI is InChI=1S/C24H21N5O8S/c30-20(5-6-21(31)37-12-14-1-3-16(4-2-14)29(35)36)26-7-8-27-17(11-26)9-15(25-27)10-18-22(32)28-19(24(33)34)13-38-23(18)28/h1-4,9-10,13,23H,5-8,11-12H2,(H,33,34)/b18-10-/t23-/m1/s1. The van der Waals surface area contributed by atoms with E-state index in [1.54, 1.807) is 21.7 Å². The summed E-state index contributed by atoms with van der Waals surface area (Å²) in [5.41, 5.74) is 2.32. The van der Waals surface area contributed by atoms with E-state index in [-0.39, 0.29) is 48.0 Å². The summed E-state index contributed by atoms with van der Waals surface area (Å²) in [6.45, 7) is 1.13. The van der Waals surface area contributed by atoms with E-state index in [0.29, 0.717) is 36.5 Å². The molecule has 0 saturated carbocycles. The Morgan fingerprint density at radius 3 is 2.68 bits per heavy atom. The number of carbonyl (C=O) groups excluding carboxylic acids is 3. The smallest absolute Gasteiger partial charge is 0.353 e. The Balaban J connectivity index is 1.11. The summed E-state index contributed by atoms with van der Waals surface area (Å²) >= 11 is 1.25. The van der Waals surface area contributed by atoms with Crippen molar-refractivity contribution in [3.8, 4) is 0 Å². The van der Waals surface area contributed by atoms with Gasteiger partial charge in [-0.15, -0.1) is 11.8 Å². The van der Waals surface area contributed by atoms with Crippen molar-refractivity contribution < 1.29 is 33.9 Å². The van der Waals surface area contributed by atoms with E-state index in [0.717, 1.165) is 5.69 Å². The number of ether oxygens (including phenoxy) is 1. The molecule has 14 heteroatoms. The number of carbonyl (C=O) groups is 4. The number of aromatic nitrogens is 2. The molecule has 1 aromatic carbocycles. The second-order valence-electron chi connectivity index (χ2n) is 8.75.